The third-order valence-corrected chi connectivity index (χ3v) is 7.25. The van der Waals surface area contributed by atoms with E-state index in [4.69, 9.17) is 4.42 Å². The Hall–Kier alpha value is -3.59. The lowest BCUT2D eigenvalue weighted by Crippen LogP contribution is -2.33. The highest BCUT2D eigenvalue weighted by Crippen LogP contribution is 2.37. The minimum absolute atomic E-state index is 0.00439. The lowest BCUT2D eigenvalue weighted by Gasteiger charge is -2.16. The van der Waals surface area contributed by atoms with Crippen LogP contribution in [0.1, 0.15) is 35.9 Å². The van der Waals surface area contributed by atoms with Gasteiger partial charge < -0.3 is 14.6 Å². The van der Waals surface area contributed by atoms with Gasteiger partial charge in [0.25, 0.3) is 21.8 Å². The molecule has 4 rings (SSSR count). The van der Waals surface area contributed by atoms with Gasteiger partial charge in [0.15, 0.2) is 5.76 Å². The van der Waals surface area contributed by atoms with Crippen molar-refractivity contribution in [2.45, 2.75) is 19.8 Å². The summed E-state index contributed by atoms with van der Waals surface area (Å²) in [6.45, 7) is 2.06. The van der Waals surface area contributed by atoms with Gasteiger partial charge in [0.05, 0.1) is 0 Å². The smallest absolute Gasteiger partial charge is 0.289 e. The molecule has 9 heteroatoms. The van der Waals surface area contributed by atoms with Gasteiger partial charge in [0.2, 0.25) is 0 Å². The summed E-state index contributed by atoms with van der Waals surface area (Å²) in [6.07, 6.45) is 1.33. The van der Waals surface area contributed by atoms with E-state index in [1.165, 1.54) is 4.90 Å². The highest BCUT2D eigenvalue weighted by atomic mass is 32.2. The zero-order valence-electron chi connectivity index (χ0n) is 18.7. The van der Waals surface area contributed by atoms with Crippen LogP contribution in [-0.4, -0.2) is 50.1 Å². The van der Waals surface area contributed by atoms with Crippen molar-refractivity contribution in [3.8, 4) is 0 Å². The molecule has 2 amide bonds. The van der Waals surface area contributed by atoms with E-state index in [0.29, 0.717) is 28.6 Å². The van der Waals surface area contributed by atoms with Crippen LogP contribution in [-0.2, 0) is 14.8 Å². The Labute approximate surface area is 192 Å². The second kappa shape index (κ2) is 8.74. The highest BCUT2D eigenvalue weighted by molar-refractivity contribution is 7.99. The van der Waals surface area contributed by atoms with Crippen LogP contribution in [0.5, 0.6) is 0 Å². The van der Waals surface area contributed by atoms with E-state index in [-0.39, 0.29) is 28.8 Å². The predicted molar refractivity (Wildman–Crippen MR) is 127 cm³/mol. The molecule has 0 spiro atoms. The Bertz CT molecular complexity index is 1360. The van der Waals surface area contributed by atoms with Gasteiger partial charge in [-0.05, 0) is 36.2 Å². The van der Waals surface area contributed by atoms with E-state index in [1.807, 2.05) is 6.92 Å². The van der Waals surface area contributed by atoms with Crippen LogP contribution < -0.4 is 5.32 Å². The molecule has 0 unspecified atom stereocenters. The number of nitrogens with one attached hydrogen (secondary N) is 1. The largest absolute Gasteiger partial charge is 0.451 e. The molecule has 8 nitrogen and oxygen atoms in total. The van der Waals surface area contributed by atoms with Crippen LogP contribution >= 0.6 is 0 Å². The van der Waals surface area contributed by atoms with E-state index in [9.17, 15) is 18.0 Å². The number of fused-ring (bicyclic) bond motifs is 1. The summed E-state index contributed by atoms with van der Waals surface area (Å²) in [5.41, 5.74) is 1.47. The maximum absolute atomic E-state index is 13.3. The topological polar surface area (TPSA) is 99.9 Å². The van der Waals surface area contributed by atoms with Crippen molar-refractivity contribution in [2.24, 2.45) is 0 Å². The maximum atomic E-state index is 13.3. The van der Waals surface area contributed by atoms with Crippen molar-refractivity contribution in [2.75, 3.05) is 26.0 Å². The first-order valence-electron chi connectivity index (χ1n) is 10.6. The number of carbonyl (C=O) groups excluding carboxylic acids is 2. The molecule has 0 radical (unpaired) electrons. The summed E-state index contributed by atoms with van der Waals surface area (Å²) >= 11 is 0. The number of anilines is 1. The number of rotatable bonds is 7. The molecule has 0 saturated carbocycles. The summed E-state index contributed by atoms with van der Waals surface area (Å²) in [7, 11) is -0.728. The first kappa shape index (κ1) is 22.6. The van der Waals surface area contributed by atoms with Crippen LogP contribution in [0, 0.1) is 0 Å². The normalized spacial score (nSPS) is 15.4. The van der Waals surface area contributed by atoms with Gasteiger partial charge in [-0.15, -0.1) is 0 Å². The van der Waals surface area contributed by atoms with Gasteiger partial charge in [-0.2, -0.15) is 0 Å². The highest BCUT2D eigenvalue weighted by Gasteiger charge is 2.44. The number of amides is 2. The number of unbranched alkanes of at least 4 members (excludes halogenated alkanes) is 1. The standard InChI is InChI=1S/C24H25N3O5S/c1-4-5-13-27-24(29)21(22(33(27,30)31)16-9-7-6-8-10-16)25-18-11-12-19-17(14-18)15-20(32-19)23(28)26(2)3/h6-12,14-15,25H,4-5,13H2,1-3H3. The molecular weight excluding hydrogens is 442 g/mol. The molecule has 1 aliphatic rings. The molecule has 3 aromatic rings. The second-order valence-corrected chi connectivity index (χ2v) is 9.79. The minimum atomic E-state index is -4.00. The number of furan rings is 1. The van der Waals surface area contributed by atoms with E-state index in [1.54, 1.807) is 68.7 Å². The average molecular weight is 468 g/mol. The zero-order valence-corrected chi connectivity index (χ0v) is 19.5. The van der Waals surface area contributed by atoms with Crippen molar-refractivity contribution in [3.05, 3.63) is 71.6 Å². The Kier molecular flexibility index (Phi) is 5.99. The summed E-state index contributed by atoms with van der Waals surface area (Å²) in [6, 6.07) is 15.3. The molecule has 0 aliphatic carbocycles. The number of hydrogen-bond acceptors (Lipinski definition) is 6. The van der Waals surface area contributed by atoms with Crippen LogP contribution in [0.2, 0.25) is 0 Å². The van der Waals surface area contributed by atoms with Crippen molar-refractivity contribution >= 4 is 43.4 Å². The van der Waals surface area contributed by atoms with Crippen LogP contribution in [0.4, 0.5) is 5.69 Å². The van der Waals surface area contributed by atoms with Gasteiger partial charge in [-0.3, -0.25) is 9.59 Å². The first-order valence-corrected chi connectivity index (χ1v) is 12.1. The summed E-state index contributed by atoms with van der Waals surface area (Å²) in [5.74, 6) is -0.655. The summed E-state index contributed by atoms with van der Waals surface area (Å²) in [5, 5.41) is 3.68. The number of sulfonamides is 1. The Morgan fingerprint density at radius 1 is 1.09 bits per heavy atom. The summed E-state index contributed by atoms with van der Waals surface area (Å²) in [4.78, 5) is 26.8. The molecule has 0 saturated heterocycles. The molecule has 1 N–H and O–H groups in total. The van der Waals surface area contributed by atoms with E-state index >= 15 is 0 Å². The van der Waals surface area contributed by atoms with Gasteiger partial charge in [0.1, 0.15) is 16.2 Å². The zero-order chi connectivity index (χ0) is 23.8. The van der Waals surface area contributed by atoms with Gasteiger partial charge in [-0.1, -0.05) is 43.7 Å². The third kappa shape index (κ3) is 4.11. The number of hydrogen-bond donors (Lipinski definition) is 1. The Morgan fingerprint density at radius 2 is 1.82 bits per heavy atom. The SMILES string of the molecule is CCCCN1C(=O)C(Nc2ccc3oc(C(=O)N(C)C)cc3c2)=C(c2ccccc2)S1(=O)=O. The monoisotopic (exact) mass is 467 g/mol. The first-order chi connectivity index (χ1) is 15.7. The Morgan fingerprint density at radius 3 is 2.48 bits per heavy atom. The predicted octanol–water partition coefficient (Wildman–Crippen LogP) is 3.89. The molecule has 0 bridgehead atoms. The molecule has 33 heavy (non-hydrogen) atoms. The molecule has 2 heterocycles. The van der Waals surface area contributed by atoms with Crippen molar-refractivity contribution in [3.63, 3.8) is 0 Å². The van der Waals surface area contributed by atoms with Crippen LogP contribution in [0.25, 0.3) is 15.9 Å². The third-order valence-electron chi connectivity index (χ3n) is 5.37. The second-order valence-electron chi connectivity index (χ2n) is 7.99. The molecule has 172 valence electrons. The lowest BCUT2D eigenvalue weighted by atomic mass is 10.1. The molecule has 1 aliphatic heterocycles. The Balaban J connectivity index is 1.77. The van der Waals surface area contributed by atoms with E-state index in [2.05, 4.69) is 5.32 Å². The molecule has 0 atom stereocenters. The van der Waals surface area contributed by atoms with Crippen LogP contribution in [0.15, 0.2) is 64.7 Å². The minimum Gasteiger partial charge on any atom is -0.451 e. The fourth-order valence-electron chi connectivity index (χ4n) is 3.68. The number of carbonyl (C=O) groups is 2. The number of nitrogens with zero attached hydrogens (tertiary/aromatic N) is 2. The van der Waals surface area contributed by atoms with E-state index < -0.39 is 15.9 Å². The lowest BCUT2D eigenvalue weighted by molar-refractivity contribution is -0.122. The van der Waals surface area contributed by atoms with Crippen molar-refractivity contribution in [1.29, 1.82) is 0 Å². The van der Waals surface area contributed by atoms with Crippen molar-refractivity contribution in [1.82, 2.24) is 9.21 Å². The van der Waals surface area contributed by atoms with E-state index in [0.717, 1.165) is 10.7 Å². The number of benzene rings is 2. The fraction of sp³-hybridized carbons (Fsp3) is 0.250. The van der Waals surface area contributed by atoms with Gasteiger partial charge >= 0.3 is 0 Å². The summed E-state index contributed by atoms with van der Waals surface area (Å²) < 4.78 is 33.2. The fourth-order valence-corrected chi connectivity index (χ4v) is 5.41. The quantitative estimate of drug-likeness (QED) is 0.566. The van der Waals surface area contributed by atoms with Crippen LogP contribution in [0.3, 0.4) is 0 Å². The average Bonchev–Trinajstić information content (AvgIpc) is 3.28. The van der Waals surface area contributed by atoms with Gasteiger partial charge in [0, 0.05) is 31.7 Å². The molecule has 2 aromatic carbocycles. The molecule has 0 fully saturated rings. The van der Waals surface area contributed by atoms with Gasteiger partial charge in [-0.25, -0.2) is 12.7 Å². The van der Waals surface area contributed by atoms with Crippen molar-refractivity contribution < 1.29 is 22.4 Å². The maximum Gasteiger partial charge on any atom is 0.289 e. The molecule has 1 aromatic heterocycles. The molecular formula is C24H25N3O5S.